The molecule has 0 unspecified atom stereocenters. The van der Waals surface area contributed by atoms with Crippen LogP contribution in [0.3, 0.4) is 0 Å². The first-order chi connectivity index (χ1) is 8.48. The first kappa shape index (κ1) is 13.3. The second-order valence-corrected chi connectivity index (χ2v) is 7.40. The third-order valence-electron chi connectivity index (χ3n) is 3.07. The van der Waals surface area contributed by atoms with Crippen molar-refractivity contribution in [2.24, 2.45) is 0 Å². The number of hydrogen-bond donors (Lipinski definition) is 0. The van der Waals surface area contributed by atoms with E-state index in [1.54, 1.807) is 24.5 Å². The van der Waals surface area contributed by atoms with Crippen LogP contribution >= 0.6 is 11.3 Å². The Morgan fingerprint density at radius 3 is 2.89 bits per heavy atom. The highest BCUT2D eigenvalue weighted by molar-refractivity contribution is 7.91. The van der Waals surface area contributed by atoms with Crippen LogP contribution in [0.15, 0.2) is 22.9 Å². The van der Waals surface area contributed by atoms with Crippen molar-refractivity contribution < 1.29 is 13.2 Å². The standard InChI is InChI=1S/C12H15NO3S2/c1-13(11-5-7-18(15,16)9-11)12(14)3-2-10-4-6-17-8-10/h2-4,6,8,11H,5,7,9H2,1H3/b3-2-/t11-/m0/s1. The van der Waals surface area contributed by atoms with Gasteiger partial charge in [0.05, 0.1) is 11.5 Å². The van der Waals surface area contributed by atoms with Gasteiger partial charge in [-0.05, 0) is 34.9 Å². The number of sulfone groups is 1. The molecule has 1 fully saturated rings. The summed E-state index contributed by atoms with van der Waals surface area (Å²) in [7, 11) is -1.29. The van der Waals surface area contributed by atoms with Crippen molar-refractivity contribution in [2.45, 2.75) is 12.5 Å². The number of hydrogen-bond acceptors (Lipinski definition) is 4. The van der Waals surface area contributed by atoms with Crippen molar-refractivity contribution in [3.05, 3.63) is 28.5 Å². The van der Waals surface area contributed by atoms with Crippen molar-refractivity contribution >= 4 is 33.2 Å². The molecule has 1 amide bonds. The Labute approximate surface area is 111 Å². The molecule has 1 aromatic rings. The Kier molecular flexibility index (Phi) is 3.87. The van der Waals surface area contributed by atoms with Crippen molar-refractivity contribution in [1.82, 2.24) is 4.90 Å². The van der Waals surface area contributed by atoms with E-state index in [0.717, 1.165) is 5.56 Å². The molecule has 0 radical (unpaired) electrons. The summed E-state index contributed by atoms with van der Waals surface area (Å²) in [5, 5.41) is 3.89. The minimum atomic E-state index is -2.95. The van der Waals surface area contributed by atoms with Crippen molar-refractivity contribution in [2.75, 3.05) is 18.6 Å². The van der Waals surface area contributed by atoms with Gasteiger partial charge in [-0.25, -0.2) is 8.42 Å². The highest BCUT2D eigenvalue weighted by Crippen LogP contribution is 2.17. The van der Waals surface area contributed by atoms with Gasteiger partial charge in [0.2, 0.25) is 5.91 Å². The lowest BCUT2D eigenvalue weighted by Crippen LogP contribution is -2.36. The number of nitrogens with zero attached hydrogens (tertiary/aromatic N) is 1. The summed E-state index contributed by atoms with van der Waals surface area (Å²) in [4.78, 5) is 13.4. The van der Waals surface area contributed by atoms with Crippen LogP contribution in [0.4, 0.5) is 0 Å². The quantitative estimate of drug-likeness (QED) is 0.789. The van der Waals surface area contributed by atoms with Gasteiger partial charge in [-0.2, -0.15) is 11.3 Å². The number of carbonyl (C=O) groups is 1. The van der Waals surface area contributed by atoms with E-state index in [0.29, 0.717) is 6.42 Å². The second kappa shape index (κ2) is 5.24. The first-order valence-corrected chi connectivity index (χ1v) is 8.42. The van der Waals surface area contributed by atoms with Gasteiger partial charge in [-0.3, -0.25) is 4.79 Å². The van der Waals surface area contributed by atoms with Gasteiger partial charge in [0.1, 0.15) is 0 Å². The summed E-state index contributed by atoms with van der Waals surface area (Å²) < 4.78 is 22.7. The Morgan fingerprint density at radius 1 is 1.56 bits per heavy atom. The van der Waals surface area contributed by atoms with E-state index in [-0.39, 0.29) is 23.5 Å². The van der Waals surface area contributed by atoms with Gasteiger partial charge < -0.3 is 4.90 Å². The van der Waals surface area contributed by atoms with E-state index < -0.39 is 9.84 Å². The van der Waals surface area contributed by atoms with Crippen LogP contribution in [-0.4, -0.2) is 43.8 Å². The minimum Gasteiger partial charge on any atom is -0.338 e. The fourth-order valence-corrected chi connectivity index (χ4v) is 4.32. The normalized spacial score (nSPS) is 22.4. The monoisotopic (exact) mass is 285 g/mol. The first-order valence-electron chi connectivity index (χ1n) is 5.65. The van der Waals surface area contributed by atoms with Crippen molar-refractivity contribution in [3.63, 3.8) is 0 Å². The molecule has 0 spiro atoms. The number of rotatable bonds is 3. The lowest BCUT2D eigenvalue weighted by atomic mass is 10.2. The largest absolute Gasteiger partial charge is 0.338 e. The molecule has 1 aliphatic heterocycles. The van der Waals surface area contributed by atoms with Gasteiger partial charge in [0.25, 0.3) is 0 Å². The van der Waals surface area contributed by atoms with Crippen LogP contribution < -0.4 is 0 Å². The molecular weight excluding hydrogens is 270 g/mol. The number of amides is 1. The van der Waals surface area contributed by atoms with Gasteiger partial charge in [0, 0.05) is 19.2 Å². The zero-order valence-corrected chi connectivity index (χ0v) is 11.7. The van der Waals surface area contributed by atoms with Gasteiger partial charge in [0.15, 0.2) is 9.84 Å². The summed E-state index contributed by atoms with van der Waals surface area (Å²) in [6.07, 6.45) is 3.78. The highest BCUT2D eigenvalue weighted by Gasteiger charge is 2.31. The average Bonchev–Trinajstić information content (AvgIpc) is 2.94. The molecule has 0 aromatic carbocycles. The maximum atomic E-state index is 11.9. The average molecular weight is 285 g/mol. The summed E-state index contributed by atoms with van der Waals surface area (Å²) in [5.74, 6) is 0.119. The summed E-state index contributed by atoms with van der Waals surface area (Å²) in [5.41, 5.74) is 0.987. The van der Waals surface area contributed by atoms with Crippen LogP contribution in [0.1, 0.15) is 12.0 Å². The van der Waals surface area contributed by atoms with Crippen molar-refractivity contribution in [3.8, 4) is 0 Å². The number of likely N-dealkylation sites (N-methyl/N-ethyl adjacent to an activating group) is 1. The Hall–Kier alpha value is -1.14. The molecule has 1 saturated heterocycles. The molecule has 4 nitrogen and oxygen atoms in total. The molecule has 0 aliphatic carbocycles. The smallest absolute Gasteiger partial charge is 0.246 e. The molecule has 0 N–H and O–H groups in total. The third kappa shape index (κ3) is 3.20. The topological polar surface area (TPSA) is 54.5 Å². The van der Waals surface area contributed by atoms with Gasteiger partial charge in [-0.15, -0.1) is 0 Å². The number of thiophene rings is 1. The SMILES string of the molecule is CN(C(=O)/C=C\c1ccsc1)[C@H]1CCS(=O)(=O)C1. The molecule has 1 atom stereocenters. The fraction of sp³-hybridized carbons (Fsp3) is 0.417. The van der Waals surface area contributed by atoms with Crippen molar-refractivity contribution in [1.29, 1.82) is 0 Å². The second-order valence-electron chi connectivity index (χ2n) is 4.40. The predicted molar refractivity (Wildman–Crippen MR) is 73.2 cm³/mol. The fourth-order valence-electron chi connectivity index (χ4n) is 1.92. The van der Waals surface area contributed by atoms with Gasteiger partial charge >= 0.3 is 0 Å². The number of carbonyl (C=O) groups excluding carboxylic acids is 1. The molecule has 98 valence electrons. The molecule has 0 saturated carbocycles. The molecule has 2 rings (SSSR count). The highest BCUT2D eigenvalue weighted by atomic mass is 32.2. The Balaban J connectivity index is 1.97. The molecule has 0 bridgehead atoms. The van der Waals surface area contributed by atoms with Crippen LogP contribution in [0.25, 0.3) is 6.08 Å². The zero-order chi connectivity index (χ0) is 13.2. The zero-order valence-electron chi connectivity index (χ0n) is 10.1. The summed E-state index contributed by atoms with van der Waals surface area (Å²) in [6, 6.07) is 1.74. The Bertz CT molecular complexity index is 546. The predicted octanol–water partition coefficient (Wildman–Crippen LogP) is 1.41. The molecule has 6 heteroatoms. The van der Waals surface area contributed by atoms with Crippen LogP contribution in [0.5, 0.6) is 0 Å². The maximum absolute atomic E-state index is 11.9. The van der Waals surface area contributed by atoms with Gasteiger partial charge in [-0.1, -0.05) is 0 Å². The molecule has 18 heavy (non-hydrogen) atoms. The minimum absolute atomic E-state index is 0.0849. The summed E-state index contributed by atoms with van der Waals surface area (Å²) in [6.45, 7) is 0. The van der Waals surface area contributed by atoms with Crippen LogP contribution in [0, 0.1) is 0 Å². The van der Waals surface area contributed by atoms with Crippen LogP contribution in [-0.2, 0) is 14.6 Å². The van der Waals surface area contributed by atoms with E-state index in [4.69, 9.17) is 0 Å². The summed E-state index contributed by atoms with van der Waals surface area (Å²) >= 11 is 1.57. The third-order valence-corrected chi connectivity index (χ3v) is 5.52. The lowest BCUT2D eigenvalue weighted by molar-refractivity contribution is -0.126. The van der Waals surface area contributed by atoms with E-state index in [1.165, 1.54) is 11.0 Å². The van der Waals surface area contributed by atoms with E-state index in [1.807, 2.05) is 16.8 Å². The molecular formula is C12H15NO3S2. The van der Waals surface area contributed by atoms with Crippen LogP contribution in [0.2, 0.25) is 0 Å². The Morgan fingerprint density at radius 2 is 2.33 bits per heavy atom. The molecule has 1 aliphatic rings. The molecule has 1 aromatic heterocycles. The van der Waals surface area contributed by atoms with E-state index >= 15 is 0 Å². The van der Waals surface area contributed by atoms with E-state index in [2.05, 4.69) is 0 Å². The lowest BCUT2D eigenvalue weighted by Gasteiger charge is -2.21. The maximum Gasteiger partial charge on any atom is 0.246 e. The van der Waals surface area contributed by atoms with E-state index in [9.17, 15) is 13.2 Å². The molecule has 2 heterocycles.